The molecule has 0 N–H and O–H groups in total. The van der Waals surface area contributed by atoms with E-state index in [0.29, 0.717) is 54.4 Å². The van der Waals surface area contributed by atoms with Crippen molar-refractivity contribution < 1.29 is 35.2 Å². The number of hydrogen-bond acceptors (Lipinski definition) is 6. The SMILES string of the molecule is Cc1cc(F)ccc1-c1cc(N2CCN3CCS(=O)(=O)CC3C2)ncc1N(C)C(=O)C(C)(C)c1cc(CF)cc(C(F)(F)F)c1. The highest BCUT2D eigenvalue weighted by Crippen LogP contribution is 2.39. The molecule has 1 unspecified atom stereocenters. The van der Waals surface area contributed by atoms with E-state index in [1.165, 1.54) is 50.2 Å². The highest BCUT2D eigenvalue weighted by molar-refractivity contribution is 7.91. The number of likely N-dealkylation sites (N-methyl/N-ethyl adjacent to an activating group) is 1. The summed E-state index contributed by atoms with van der Waals surface area (Å²) in [7, 11) is -1.67. The lowest BCUT2D eigenvalue weighted by Gasteiger charge is -2.44. The maximum atomic E-state index is 14.1. The van der Waals surface area contributed by atoms with Crippen LogP contribution in [0.3, 0.4) is 0 Å². The van der Waals surface area contributed by atoms with Crippen LogP contribution < -0.4 is 9.80 Å². The zero-order valence-electron chi connectivity index (χ0n) is 25.5. The highest BCUT2D eigenvalue weighted by Gasteiger charge is 2.39. The molecule has 0 bridgehead atoms. The van der Waals surface area contributed by atoms with E-state index in [2.05, 4.69) is 9.88 Å². The Bertz CT molecular complexity index is 1730. The Morgan fingerprint density at radius 2 is 1.73 bits per heavy atom. The second-order valence-corrected chi connectivity index (χ2v) is 14.5. The molecule has 0 aliphatic carbocycles. The molecule has 1 amide bonds. The minimum atomic E-state index is -4.73. The lowest BCUT2D eigenvalue weighted by molar-refractivity contribution is -0.137. The molecule has 1 aromatic heterocycles. The molecule has 2 aliphatic heterocycles. The van der Waals surface area contributed by atoms with Gasteiger partial charge in [-0.1, -0.05) is 12.1 Å². The third-order valence-corrected chi connectivity index (χ3v) is 10.5. The zero-order valence-corrected chi connectivity index (χ0v) is 26.3. The minimum Gasteiger partial charge on any atom is -0.354 e. The first-order chi connectivity index (χ1) is 21.0. The van der Waals surface area contributed by atoms with E-state index in [1.807, 2.05) is 4.90 Å². The maximum Gasteiger partial charge on any atom is 0.416 e. The average molecular weight is 651 g/mol. The fourth-order valence-electron chi connectivity index (χ4n) is 6.15. The van der Waals surface area contributed by atoms with Crippen LogP contribution in [0.4, 0.5) is 33.5 Å². The Kier molecular flexibility index (Phi) is 8.73. The van der Waals surface area contributed by atoms with Crippen LogP contribution in [0.5, 0.6) is 0 Å². The van der Waals surface area contributed by atoms with Gasteiger partial charge in [-0.2, -0.15) is 13.2 Å². The second kappa shape index (κ2) is 12.0. The summed E-state index contributed by atoms with van der Waals surface area (Å²) in [4.78, 5) is 24.1. The fraction of sp³-hybridized carbons (Fsp3) is 0.438. The van der Waals surface area contributed by atoms with Gasteiger partial charge in [-0.05, 0) is 73.4 Å². The molecule has 2 aliphatic rings. The number of anilines is 2. The number of nitrogens with zero attached hydrogens (tertiary/aromatic N) is 4. The molecule has 2 aromatic carbocycles. The number of carbonyl (C=O) groups is 1. The van der Waals surface area contributed by atoms with Crippen LogP contribution in [0, 0.1) is 12.7 Å². The normalized spacial score (nSPS) is 18.9. The van der Waals surface area contributed by atoms with Crippen molar-refractivity contribution in [2.24, 2.45) is 0 Å². The number of aryl methyl sites for hydroxylation is 1. The quantitative estimate of drug-likeness (QED) is 0.326. The molecule has 13 heteroatoms. The standard InChI is InChI=1S/C32H35F5N4O3S/c1-20-11-24(34)5-6-26(20)27-15-29(41-8-7-40-9-10-45(43,44)19-25(40)18-41)38-17-28(27)39(4)30(42)31(2,3)22-12-21(16-33)13-23(14-22)32(35,36)37/h5-6,11-15,17,25H,7-10,16,18-19H2,1-4H3. The van der Waals surface area contributed by atoms with Gasteiger partial charge < -0.3 is 9.80 Å². The van der Waals surface area contributed by atoms with Crippen LogP contribution in [0.25, 0.3) is 11.1 Å². The van der Waals surface area contributed by atoms with E-state index in [4.69, 9.17) is 0 Å². The lowest BCUT2D eigenvalue weighted by Crippen LogP contribution is -2.59. The van der Waals surface area contributed by atoms with Gasteiger partial charge in [0.05, 0.1) is 34.4 Å². The van der Waals surface area contributed by atoms with Crippen molar-refractivity contribution >= 4 is 27.2 Å². The average Bonchev–Trinajstić information content (AvgIpc) is 2.98. The second-order valence-electron chi connectivity index (χ2n) is 12.3. The van der Waals surface area contributed by atoms with Gasteiger partial charge in [0.25, 0.3) is 0 Å². The van der Waals surface area contributed by atoms with Gasteiger partial charge >= 0.3 is 6.18 Å². The predicted molar refractivity (Wildman–Crippen MR) is 163 cm³/mol. The molecule has 5 rings (SSSR count). The third-order valence-electron chi connectivity index (χ3n) is 8.81. The summed E-state index contributed by atoms with van der Waals surface area (Å²) in [5, 5.41) is 0. The number of amides is 1. The van der Waals surface area contributed by atoms with Crippen LogP contribution in [0.15, 0.2) is 48.7 Å². The Morgan fingerprint density at radius 3 is 2.40 bits per heavy atom. The van der Waals surface area contributed by atoms with Crippen LogP contribution in [0.1, 0.15) is 36.1 Å². The molecular formula is C32H35F5N4O3S. The maximum absolute atomic E-state index is 14.1. The van der Waals surface area contributed by atoms with Gasteiger partial charge in [-0.15, -0.1) is 0 Å². The molecular weight excluding hydrogens is 615 g/mol. The molecule has 3 heterocycles. The van der Waals surface area contributed by atoms with Gasteiger partial charge in [-0.3, -0.25) is 9.69 Å². The van der Waals surface area contributed by atoms with Crippen molar-refractivity contribution in [3.05, 3.63) is 76.7 Å². The number of fused-ring (bicyclic) bond motifs is 1. The molecule has 2 saturated heterocycles. The van der Waals surface area contributed by atoms with Crippen molar-refractivity contribution in [2.75, 3.05) is 54.5 Å². The Labute approximate surface area is 259 Å². The molecule has 7 nitrogen and oxygen atoms in total. The summed E-state index contributed by atoms with van der Waals surface area (Å²) >= 11 is 0. The van der Waals surface area contributed by atoms with Gasteiger partial charge in [0.2, 0.25) is 5.91 Å². The minimum absolute atomic E-state index is 0.00576. The van der Waals surface area contributed by atoms with E-state index < -0.39 is 45.4 Å². The number of sulfone groups is 1. The summed E-state index contributed by atoms with van der Waals surface area (Å²) in [5.41, 5.74) is -0.659. The summed E-state index contributed by atoms with van der Waals surface area (Å²) in [5.74, 6) is -0.275. The summed E-state index contributed by atoms with van der Waals surface area (Å²) in [6.45, 7) is 5.71. The van der Waals surface area contributed by atoms with E-state index in [9.17, 15) is 35.2 Å². The van der Waals surface area contributed by atoms with Crippen molar-refractivity contribution in [1.82, 2.24) is 9.88 Å². The van der Waals surface area contributed by atoms with E-state index in [1.54, 1.807) is 19.1 Å². The topological polar surface area (TPSA) is 73.8 Å². The molecule has 0 spiro atoms. The van der Waals surface area contributed by atoms with Gasteiger partial charge in [0, 0.05) is 44.8 Å². The summed E-state index contributed by atoms with van der Waals surface area (Å²) < 4.78 is 93.2. The number of aromatic nitrogens is 1. The number of hydrogen-bond donors (Lipinski definition) is 0. The van der Waals surface area contributed by atoms with Gasteiger partial charge in [0.15, 0.2) is 9.84 Å². The zero-order chi connectivity index (χ0) is 32.9. The summed E-state index contributed by atoms with van der Waals surface area (Å²) in [6, 6.07) is 8.67. The molecule has 242 valence electrons. The number of alkyl halides is 4. The van der Waals surface area contributed by atoms with Crippen LogP contribution in [0.2, 0.25) is 0 Å². The summed E-state index contributed by atoms with van der Waals surface area (Å²) in [6.07, 6.45) is -3.24. The van der Waals surface area contributed by atoms with Gasteiger partial charge in [0.1, 0.15) is 18.3 Å². The van der Waals surface area contributed by atoms with E-state index in [-0.39, 0.29) is 28.7 Å². The van der Waals surface area contributed by atoms with E-state index >= 15 is 0 Å². The molecule has 3 aromatic rings. The molecule has 0 radical (unpaired) electrons. The Morgan fingerprint density at radius 1 is 1.02 bits per heavy atom. The van der Waals surface area contributed by atoms with E-state index in [0.717, 1.165) is 12.1 Å². The highest BCUT2D eigenvalue weighted by atomic mass is 32.2. The lowest BCUT2D eigenvalue weighted by atomic mass is 9.81. The number of halogens is 5. The number of piperazine rings is 1. The Balaban J connectivity index is 1.54. The van der Waals surface area contributed by atoms with Crippen molar-refractivity contribution in [3.8, 4) is 11.1 Å². The number of carbonyl (C=O) groups excluding carboxylic acids is 1. The molecule has 2 fully saturated rings. The van der Waals surface area contributed by atoms with Crippen molar-refractivity contribution in [1.29, 1.82) is 0 Å². The van der Waals surface area contributed by atoms with Crippen molar-refractivity contribution in [2.45, 2.75) is 45.1 Å². The van der Waals surface area contributed by atoms with Crippen LogP contribution >= 0.6 is 0 Å². The van der Waals surface area contributed by atoms with Crippen LogP contribution in [-0.2, 0) is 32.9 Å². The fourth-order valence-corrected chi connectivity index (χ4v) is 7.74. The predicted octanol–water partition coefficient (Wildman–Crippen LogP) is 5.54. The largest absolute Gasteiger partial charge is 0.416 e. The number of rotatable bonds is 6. The first-order valence-corrected chi connectivity index (χ1v) is 16.3. The van der Waals surface area contributed by atoms with Crippen LogP contribution in [-0.4, -0.2) is 75.0 Å². The monoisotopic (exact) mass is 650 g/mol. The third kappa shape index (κ3) is 6.69. The van der Waals surface area contributed by atoms with Gasteiger partial charge in [-0.25, -0.2) is 22.2 Å². The first-order valence-electron chi connectivity index (χ1n) is 14.5. The molecule has 1 atom stereocenters. The first kappa shape index (κ1) is 32.8. The number of pyridine rings is 1. The molecule has 0 saturated carbocycles. The molecule has 45 heavy (non-hydrogen) atoms. The van der Waals surface area contributed by atoms with Crippen molar-refractivity contribution in [3.63, 3.8) is 0 Å². The Hall–Kier alpha value is -3.58. The smallest absolute Gasteiger partial charge is 0.354 e. The number of benzene rings is 2.